The summed E-state index contributed by atoms with van der Waals surface area (Å²) in [5, 5.41) is 7.97. The first-order valence-electron chi connectivity index (χ1n) is 9.28. The highest BCUT2D eigenvalue weighted by molar-refractivity contribution is 7.86. The Kier molecular flexibility index (Phi) is 5.88. The van der Waals surface area contributed by atoms with Gasteiger partial charge < -0.3 is 9.47 Å². The maximum Gasteiger partial charge on any atom is 0.282 e. The van der Waals surface area contributed by atoms with E-state index in [4.69, 9.17) is 21.1 Å². The SMILES string of the molecule is O=S(=O)(N1CCOCC1)N1CC[C@@H](c2cc(COc3cccc(Cl)c3)[nH]n2)C1. The Labute approximate surface area is 169 Å². The molecule has 1 aromatic heterocycles. The van der Waals surface area contributed by atoms with E-state index in [0.29, 0.717) is 56.8 Å². The zero-order chi connectivity index (χ0) is 19.6. The lowest BCUT2D eigenvalue weighted by Crippen LogP contribution is -2.47. The predicted octanol–water partition coefficient (Wildman–Crippen LogP) is 2.01. The van der Waals surface area contributed by atoms with Crippen molar-refractivity contribution in [3.8, 4) is 5.75 Å². The summed E-state index contributed by atoms with van der Waals surface area (Å²) in [4.78, 5) is 0. The number of halogens is 1. The molecule has 2 fully saturated rings. The van der Waals surface area contributed by atoms with Gasteiger partial charge in [-0.15, -0.1) is 0 Å². The van der Waals surface area contributed by atoms with Crippen LogP contribution in [-0.4, -0.2) is 66.6 Å². The molecule has 2 aromatic rings. The molecule has 0 bridgehead atoms. The van der Waals surface area contributed by atoms with Crippen molar-refractivity contribution in [1.29, 1.82) is 0 Å². The number of ether oxygens (including phenoxy) is 2. The van der Waals surface area contributed by atoms with Gasteiger partial charge in [-0.05, 0) is 30.7 Å². The Balaban J connectivity index is 1.35. The van der Waals surface area contributed by atoms with E-state index in [-0.39, 0.29) is 5.92 Å². The minimum atomic E-state index is -3.43. The fourth-order valence-corrected chi connectivity index (χ4v) is 5.32. The number of rotatable bonds is 6. The van der Waals surface area contributed by atoms with Gasteiger partial charge in [0.05, 0.1) is 24.6 Å². The van der Waals surface area contributed by atoms with Gasteiger partial charge in [-0.3, -0.25) is 5.10 Å². The van der Waals surface area contributed by atoms with Crippen LogP contribution in [0.1, 0.15) is 23.7 Å². The summed E-state index contributed by atoms with van der Waals surface area (Å²) < 4.78 is 39.6. The minimum Gasteiger partial charge on any atom is -0.487 e. The number of hydrogen-bond donors (Lipinski definition) is 1. The highest BCUT2D eigenvalue weighted by Gasteiger charge is 2.37. The van der Waals surface area contributed by atoms with E-state index < -0.39 is 10.2 Å². The molecule has 0 spiro atoms. The van der Waals surface area contributed by atoms with Gasteiger partial charge in [-0.25, -0.2) is 0 Å². The first kappa shape index (κ1) is 19.7. The molecule has 1 N–H and O–H groups in total. The molecule has 0 amide bonds. The Hall–Kier alpha value is -1.65. The topological polar surface area (TPSA) is 87.8 Å². The van der Waals surface area contributed by atoms with Crippen molar-refractivity contribution in [3.05, 3.63) is 46.7 Å². The lowest BCUT2D eigenvalue weighted by Gasteiger charge is -2.30. The van der Waals surface area contributed by atoms with Gasteiger partial charge in [0.15, 0.2) is 0 Å². The number of benzene rings is 1. The first-order valence-corrected chi connectivity index (χ1v) is 11.1. The Bertz CT molecular complexity index is 914. The Morgan fingerprint density at radius 1 is 1.21 bits per heavy atom. The standard InChI is InChI=1S/C18H23ClN4O4S/c19-15-2-1-3-17(10-15)27-13-16-11-18(21-20-16)14-4-5-23(12-14)28(24,25)22-6-8-26-9-7-22/h1-3,10-11,14H,4-9,12-13H2,(H,20,21)/t14-/m1/s1. The van der Waals surface area contributed by atoms with E-state index >= 15 is 0 Å². The third kappa shape index (κ3) is 4.33. The third-order valence-corrected chi connectivity index (χ3v) is 7.27. The molecule has 0 saturated carbocycles. The van der Waals surface area contributed by atoms with Gasteiger partial charge in [0.1, 0.15) is 12.4 Å². The highest BCUT2D eigenvalue weighted by Crippen LogP contribution is 2.29. The maximum atomic E-state index is 12.8. The minimum absolute atomic E-state index is 0.0759. The number of aromatic amines is 1. The molecule has 3 heterocycles. The van der Waals surface area contributed by atoms with Crippen molar-refractivity contribution in [2.24, 2.45) is 0 Å². The smallest absolute Gasteiger partial charge is 0.282 e. The molecular weight excluding hydrogens is 404 g/mol. The number of hydrogen-bond acceptors (Lipinski definition) is 5. The van der Waals surface area contributed by atoms with Gasteiger partial charge in [-0.2, -0.15) is 22.1 Å². The van der Waals surface area contributed by atoms with E-state index in [1.165, 1.54) is 4.31 Å². The van der Waals surface area contributed by atoms with E-state index in [1.54, 1.807) is 16.4 Å². The van der Waals surface area contributed by atoms with Gasteiger partial charge in [0.25, 0.3) is 10.2 Å². The fraction of sp³-hybridized carbons (Fsp3) is 0.500. The van der Waals surface area contributed by atoms with Crippen LogP contribution in [-0.2, 0) is 21.6 Å². The molecule has 2 aliphatic rings. The van der Waals surface area contributed by atoms with Crippen LogP contribution in [0.5, 0.6) is 5.75 Å². The quantitative estimate of drug-likeness (QED) is 0.763. The van der Waals surface area contributed by atoms with Crippen LogP contribution in [0.3, 0.4) is 0 Å². The second-order valence-electron chi connectivity index (χ2n) is 6.93. The number of nitrogens with zero attached hydrogens (tertiary/aromatic N) is 3. The molecule has 10 heteroatoms. The van der Waals surface area contributed by atoms with Crippen molar-refractivity contribution in [3.63, 3.8) is 0 Å². The monoisotopic (exact) mass is 426 g/mol. The number of nitrogens with one attached hydrogen (secondary N) is 1. The van der Waals surface area contributed by atoms with Crippen LogP contribution in [0, 0.1) is 0 Å². The Morgan fingerprint density at radius 2 is 2.04 bits per heavy atom. The lowest BCUT2D eigenvalue weighted by molar-refractivity contribution is 0.0705. The molecule has 0 aliphatic carbocycles. The molecule has 2 saturated heterocycles. The summed E-state index contributed by atoms with van der Waals surface area (Å²) in [6.07, 6.45) is 0.753. The molecule has 0 radical (unpaired) electrons. The van der Waals surface area contributed by atoms with Crippen LogP contribution in [0.2, 0.25) is 5.02 Å². The second-order valence-corrected chi connectivity index (χ2v) is 9.29. The van der Waals surface area contributed by atoms with E-state index in [0.717, 1.165) is 17.8 Å². The summed E-state index contributed by atoms with van der Waals surface area (Å²) in [5.74, 6) is 0.763. The van der Waals surface area contributed by atoms with Gasteiger partial charge in [0, 0.05) is 37.1 Å². The van der Waals surface area contributed by atoms with E-state index in [1.807, 2.05) is 18.2 Å². The first-order chi connectivity index (χ1) is 13.5. The van der Waals surface area contributed by atoms with Crippen molar-refractivity contribution in [2.45, 2.75) is 18.9 Å². The van der Waals surface area contributed by atoms with Crippen LogP contribution >= 0.6 is 11.6 Å². The van der Waals surface area contributed by atoms with Crippen molar-refractivity contribution >= 4 is 21.8 Å². The molecule has 2 aliphatic heterocycles. The molecule has 0 unspecified atom stereocenters. The molecule has 1 atom stereocenters. The number of morpholine rings is 1. The van der Waals surface area contributed by atoms with Crippen LogP contribution in [0.15, 0.2) is 30.3 Å². The highest BCUT2D eigenvalue weighted by atomic mass is 35.5. The lowest BCUT2D eigenvalue weighted by atomic mass is 10.1. The van der Waals surface area contributed by atoms with Crippen molar-refractivity contribution < 1.29 is 17.9 Å². The fourth-order valence-electron chi connectivity index (χ4n) is 3.50. The Morgan fingerprint density at radius 3 is 2.82 bits per heavy atom. The van der Waals surface area contributed by atoms with E-state index in [2.05, 4.69) is 10.2 Å². The van der Waals surface area contributed by atoms with Gasteiger partial charge in [-0.1, -0.05) is 17.7 Å². The van der Waals surface area contributed by atoms with Crippen molar-refractivity contribution in [2.75, 3.05) is 39.4 Å². The van der Waals surface area contributed by atoms with Crippen LogP contribution in [0.25, 0.3) is 0 Å². The average molecular weight is 427 g/mol. The summed E-state index contributed by atoms with van der Waals surface area (Å²) in [7, 11) is -3.43. The molecule has 4 rings (SSSR count). The number of aromatic nitrogens is 2. The van der Waals surface area contributed by atoms with E-state index in [9.17, 15) is 8.42 Å². The second kappa shape index (κ2) is 8.38. The summed E-state index contributed by atoms with van der Waals surface area (Å²) in [6, 6.07) is 9.16. The van der Waals surface area contributed by atoms with Crippen LogP contribution < -0.4 is 4.74 Å². The number of H-pyrrole nitrogens is 1. The summed E-state index contributed by atoms with van der Waals surface area (Å²) in [6.45, 7) is 3.02. The normalized spacial score (nSPS) is 21.8. The average Bonchev–Trinajstić information content (AvgIpc) is 3.37. The van der Waals surface area contributed by atoms with Gasteiger partial charge in [0.2, 0.25) is 0 Å². The largest absolute Gasteiger partial charge is 0.487 e. The third-order valence-electron chi connectivity index (χ3n) is 5.03. The molecule has 8 nitrogen and oxygen atoms in total. The molecular formula is C18H23ClN4O4S. The van der Waals surface area contributed by atoms with Crippen LogP contribution in [0.4, 0.5) is 0 Å². The summed E-state index contributed by atoms with van der Waals surface area (Å²) in [5.41, 5.74) is 1.70. The molecule has 28 heavy (non-hydrogen) atoms. The molecule has 152 valence electrons. The zero-order valence-corrected chi connectivity index (χ0v) is 17.0. The molecule has 1 aromatic carbocycles. The van der Waals surface area contributed by atoms with Crippen molar-refractivity contribution in [1.82, 2.24) is 18.8 Å². The predicted molar refractivity (Wildman–Crippen MR) is 105 cm³/mol. The summed E-state index contributed by atoms with van der Waals surface area (Å²) >= 11 is 5.96. The maximum absolute atomic E-state index is 12.8. The zero-order valence-electron chi connectivity index (χ0n) is 15.4. The van der Waals surface area contributed by atoms with Gasteiger partial charge >= 0.3 is 0 Å².